The summed E-state index contributed by atoms with van der Waals surface area (Å²) in [5.74, 6) is 0.800. The molecule has 0 bridgehead atoms. The van der Waals surface area contributed by atoms with Crippen molar-refractivity contribution in [2.45, 2.75) is 43.9 Å². The van der Waals surface area contributed by atoms with Crippen molar-refractivity contribution in [2.75, 3.05) is 20.8 Å². The normalized spacial score (nSPS) is 12.2. The van der Waals surface area contributed by atoms with Crippen LogP contribution in [0.5, 0.6) is 11.8 Å². The van der Waals surface area contributed by atoms with Gasteiger partial charge in [-0.2, -0.15) is 9.78 Å². The van der Waals surface area contributed by atoms with Gasteiger partial charge in [0.25, 0.3) is 6.01 Å². The summed E-state index contributed by atoms with van der Waals surface area (Å²) in [6.07, 6.45) is 0. The molecule has 0 radical (unpaired) electrons. The van der Waals surface area contributed by atoms with Crippen LogP contribution in [0.25, 0.3) is 33.5 Å². The Bertz CT molecular complexity index is 1900. The average Bonchev–Trinajstić information content (AvgIpc) is 3.57. The highest BCUT2D eigenvalue weighted by Crippen LogP contribution is 2.40. The Balaban J connectivity index is 1.59. The Morgan fingerprint density at radius 3 is 2.41 bits per heavy atom. The predicted octanol–water partition coefficient (Wildman–Crippen LogP) is 5.04. The van der Waals surface area contributed by atoms with Gasteiger partial charge in [0.05, 0.1) is 47.3 Å². The lowest BCUT2D eigenvalue weighted by atomic mass is 9.98. The van der Waals surface area contributed by atoms with Crippen molar-refractivity contribution >= 4 is 40.7 Å². The minimum Gasteiger partial charge on any atom is -0.497 e. The van der Waals surface area contributed by atoms with Gasteiger partial charge in [0, 0.05) is 20.2 Å². The van der Waals surface area contributed by atoms with E-state index in [1.807, 2.05) is 34.9 Å². The van der Waals surface area contributed by atoms with Crippen molar-refractivity contribution in [2.24, 2.45) is 5.14 Å². The van der Waals surface area contributed by atoms with E-state index in [1.54, 1.807) is 25.3 Å². The summed E-state index contributed by atoms with van der Waals surface area (Å²) in [5.41, 5.74) is 3.35. The molecule has 5 rings (SSSR count). The first-order valence-electron chi connectivity index (χ1n) is 13.8. The molecule has 15 heteroatoms. The molecule has 2 aromatic heterocycles. The second-order valence-electron chi connectivity index (χ2n) is 11.4. The number of methoxy groups -OCH3 is 2. The van der Waals surface area contributed by atoms with Crippen LogP contribution in [-0.2, 0) is 28.0 Å². The summed E-state index contributed by atoms with van der Waals surface area (Å²) in [6.45, 7) is 7.99. The third-order valence-corrected chi connectivity index (χ3v) is 9.95. The molecule has 12 nitrogen and oxygen atoms in total. The lowest BCUT2D eigenvalue weighted by Crippen LogP contribution is -2.22. The number of hydrogen-bond donors (Lipinski definition) is 1. The number of imidazole rings is 1. The first kappa shape index (κ1) is 31.6. The number of hydrogen-bond acceptors (Lipinski definition) is 9. The molecule has 0 aliphatic carbocycles. The maximum atomic E-state index is 12.8. The van der Waals surface area contributed by atoms with Gasteiger partial charge in [-0.15, -0.1) is 10.2 Å². The SMILES string of the molecule is COc1ccc(Cn2nnc(-c3c(-c4cc5c(cc4Cl)nc(OC)n5COCC[Si](C)(C)C)cccc3S(N)(=O)=O)n2)cc1. The van der Waals surface area contributed by atoms with Gasteiger partial charge in [0.1, 0.15) is 12.5 Å². The topological polar surface area (TPSA) is 149 Å². The smallest absolute Gasteiger partial charge is 0.298 e. The van der Waals surface area contributed by atoms with Gasteiger partial charge < -0.3 is 14.2 Å². The molecule has 0 saturated heterocycles. The number of nitrogens with zero attached hydrogens (tertiary/aromatic N) is 6. The highest BCUT2D eigenvalue weighted by Gasteiger charge is 2.25. The van der Waals surface area contributed by atoms with E-state index in [9.17, 15) is 8.42 Å². The molecule has 2 heterocycles. The summed E-state index contributed by atoms with van der Waals surface area (Å²) < 4.78 is 44.2. The van der Waals surface area contributed by atoms with Gasteiger partial charge in [-0.25, -0.2) is 13.6 Å². The number of aromatic nitrogens is 6. The Labute approximate surface area is 261 Å². The molecule has 0 saturated carbocycles. The number of benzene rings is 3. The van der Waals surface area contributed by atoms with Crippen molar-refractivity contribution in [3.63, 3.8) is 0 Å². The monoisotopic (exact) mass is 655 g/mol. The molecule has 0 aliphatic heterocycles. The Morgan fingerprint density at radius 2 is 1.75 bits per heavy atom. The maximum Gasteiger partial charge on any atom is 0.298 e. The zero-order chi connectivity index (χ0) is 31.6. The van der Waals surface area contributed by atoms with Crippen molar-refractivity contribution in [1.82, 2.24) is 29.8 Å². The Morgan fingerprint density at radius 1 is 1.00 bits per heavy atom. The van der Waals surface area contributed by atoms with Crippen molar-refractivity contribution in [3.8, 4) is 34.3 Å². The first-order valence-corrected chi connectivity index (χ1v) is 19.4. The van der Waals surface area contributed by atoms with Crippen LogP contribution in [-0.4, -0.2) is 67.1 Å². The van der Waals surface area contributed by atoms with Crippen LogP contribution in [0.2, 0.25) is 30.7 Å². The van der Waals surface area contributed by atoms with E-state index >= 15 is 0 Å². The van der Waals surface area contributed by atoms with Crippen LogP contribution in [0.3, 0.4) is 0 Å². The third-order valence-electron chi connectivity index (χ3n) is 6.98. The van der Waals surface area contributed by atoms with Gasteiger partial charge in [0.15, 0.2) is 0 Å². The van der Waals surface area contributed by atoms with Gasteiger partial charge in [-0.1, -0.05) is 55.5 Å². The number of fused-ring (bicyclic) bond motifs is 1. The molecule has 5 aromatic rings. The molecule has 0 spiro atoms. The van der Waals surface area contributed by atoms with Gasteiger partial charge in [-0.05, 0) is 52.7 Å². The molecular formula is C29H34ClN7O5SSi. The van der Waals surface area contributed by atoms with E-state index in [0.717, 1.165) is 17.4 Å². The number of sulfonamides is 1. The molecular weight excluding hydrogens is 622 g/mol. The highest BCUT2D eigenvalue weighted by atomic mass is 35.5. The first-order chi connectivity index (χ1) is 20.9. The van der Waals surface area contributed by atoms with E-state index in [4.69, 9.17) is 31.0 Å². The Kier molecular flexibility index (Phi) is 9.09. The molecule has 3 aromatic carbocycles. The van der Waals surface area contributed by atoms with Crippen molar-refractivity contribution in [3.05, 3.63) is 65.2 Å². The lowest BCUT2D eigenvalue weighted by Gasteiger charge is -2.16. The third kappa shape index (κ3) is 6.94. The zero-order valence-electron chi connectivity index (χ0n) is 25.1. The number of halogens is 1. The fraction of sp³-hybridized carbons (Fsp3) is 0.310. The van der Waals surface area contributed by atoms with Crippen LogP contribution < -0.4 is 14.6 Å². The van der Waals surface area contributed by atoms with E-state index in [2.05, 4.69) is 40.0 Å². The molecule has 0 amide bonds. The van der Waals surface area contributed by atoms with E-state index in [0.29, 0.717) is 46.3 Å². The summed E-state index contributed by atoms with van der Waals surface area (Å²) in [7, 11) is -2.34. The molecule has 0 unspecified atom stereocenters. The van der Waals surface area contributed by atoms with Crippen LogP contribution in [0.4, 0.5) is 0 Å². The number of rotatable bonds is 12. The minimum atomic E-state index is -4.19. The zero-order valence-corrected chi connectivity index (χ0v) is 27.7. The summed E-state index contributed by atoms with van der Waals surface area (Å²) in [5, 5.41) is 18.9. The van der Waals surface area contributed by atoms with E-state index in [1.165, 1.54) is 18.0 Å². The fourth-order valence-electron chi connectivity index (χ4n) is 4.67. The minimum absolute atomic E-state index is 0.0788. The number of ether oxygens (including phenoxy) is 3. The van der Waals surface area contributed by atoms with E-state index < -0.39 is 18.1 Å². The van der Waals surface area contributed by atoms with Gasteiger partial charge >= 0.3 is 0 Å². The molecule has 44 heavy (non-hydrogen) atoms. The molecule has 0 aliphatic rings. The lowest BCUT2D eigenvalue weighted by molar-refractivity contribution is 0.0837. The van der Waals surface area contributed by atoms with Crippen LogP contribution in [0.1, 0.15) is 5.56 Å². The molecule has 0 fully saturated rings. The van der Waals surface area contributed by atoms with Crippen molar-refractivity contribution < 1.29 is 22.6 Å². The summed E-state index contributed by atoms with van der Waals surface area (Å²) >= 11 is 6.81. The van der Waals surface area contributed by atoms with Crippen LogP contribution in [0.15, 0.2) is 59.5 Å². The second kappa shape index (κ2) is 12.7. The number of tetrazole rings is 1. The number of primary sulfonamides is 1. The van der Waals surface area contributed by atoms with Gasteiger partial charge in [-0.3, -0.25) is 4.57 Å². The van der Waals surface area contributed by atoms with Gasteiger partial charge in [0.2, 0.25) is 15.8 Å². The number of nitrogens with two attached hydrogens (primary N) is 1. The molecule has 0 atom stereocenters. The molecule has 2 N–H and O–H groups in total. The quantitative estimate of drug-likeness (QED) is 0.144. The average molecular weight is 656 g/mol. The highest BCUT2D eigenvalue weighted by molar-refractivity contribution is 7.89. The standard InChI is InChI=1S/C29H34ClN7O5SSi/c1-40-20-11-9-19(10-12-20)17-37-34-28(33-35-37)27-21(7-6-8-26(27)43(31,38)39)22-15-25-24(16-23(22)30)32-29(41-2)36(25)18-42-13-14-44(3,4)5/h6-12,15-16H,13-14,17-18H2,1-5H3,(H2,31,38,39). The van der Waals surface area contributed by atoms with Crippen LogP contribution >= 0.6 is 11.6 Å². The predicted molar refractivity (Wildman–Crippen MR) is 171 cm³/mol. The van der Waals surface area contributed by atoms with E-state index in [-0.39, 0.29) is 23.0 Å². The maximum absolute atomic E-state index is 12.8. The fourth-order valence-corrected chi connectivity index (χ4v) is 6.44. The second-order valence-corrected chi connectivity index (χ2v) is 19.0. The van der Waals surface area contributed by atoms with Crippen LogP contribution in [0, 0.1) is 0 Å². The summed E-state index contributed by atoms with van der Waals surface area (Å²) in [4.78, 5) is 5.79. The largest absolute Gasteiger partial charge is 0.497 e. The van der Waals surface area contributed by atoms with Crippen molar-refractivity contribution in [1.29, 1.82) is 0 Å². The Hall–Kier alpha value is -3.82. The molecule has 232 valence electrons. The summed E-state index contributed by atoms with van der Waals surface area (Å²) in [6, 6.07) is 17.1.